The standard InChI is InChI=1S/C53H86O5/c1-4-7-10-13-16-19-22-25-26-27-30-33-36-39-42-45-48-56-49-51(58-53(55)47-44-41-38-35-32-29-24-21-18-15-12-9-6-3)50-57-52(54)46-43-40-37-34-31-28-23-20-17-14-11-8-5-2/h7-8,10-11,16-17,19-21,24-26,28,30-31,33,37,40,51H,4-6,9,12-15,18,22-23,27,29,32,34-36,38-39,41-50H2,1-3H3/b10-7-,11-8-,19-16-,20-17-,24-21-,26-25-,31-28-,33-30-,40-37-. The minimum absolute atomic E-state index is 0.0245. The molecule has 1 atom stereocenters. The zero-order valence-corrected chi connectivity index (χ0v) is 37.5. The summed E-state index contributed by atoms with van der Waals surface area (Å²) >= 11 is 0. The van der Waals surface area contributed by atoms with Crippen molar-refractivity contribution in [3.05, 3.63) is 109 Å². The van der Waals surface area contributed by atoms with E-state index in [-0.39, 0.29) is 25.2 Å². The molecule has 0 aliphatic carbocycles. The van der Waals surface area contributed by atoms with Crippen LogP contribution < -0.4 is 0 Å². The van der Waals surface area contributed by atoms with Crippen LogP contribution in [0.3, 0.4) is 0 Å². The highest BCUT2D eigenvalue weighted by atomic mass is 16.6. The molecule has 5 nitrogen and oxygen atoms in total. The SMILES string of the molecule is CC/C=C\C/C=C\C/C=C\C/C=C\CCCCCOCC(COC(=O)CC/C=C\C/C=C\C/C=C\C/C=C\CC)OC(=O)CCCCCCC/C=C\CCCCCC. The molecule has 58 heavy (non-hydrogen) atoms. The van der Waals surface area contributed by atoms with E-state index in [1.54, 1.807) is 0 Å². The Morgan fingerprint density at radius 1 is 0.397 bits per heavy atom. The van der Waals surface area contributed by atoms with E-state index in [1.165, 1.54) is 44.9 Å². The minimum atomic E-state index is -0.591. The fraction of sp³-hybridized carbons (Fsp3) is 0.623. The summed E-state index contributed by atoms with van der Waals surface area (Å²) in [6.07, 6.45) is 65.3. The minimum Gasteiger partial charge on any atom is -0.462 e. The predicted molar refractivity (Wildman–Crippen MR) is 251 cm³/mol. The summed E-state index contributed by atoms with van der Waals surface area (Å²) in [4.78, 5) is 25.2. The Bertz CT molecular complexity index is 1180. The normalized spacial score (nSPS) is 13.2. The van der Waals surface area contributed by atoms with Gasteiger partial charge in [0.15, 0.2) is 6.10 Å². The van der Waals surface area contributed by atoms with E-state index in [9.17, 15) is 9.59 Å². The highest BCUT2D eigenvalue weighted by molar-refractivity contribution is 5.70. The van der Waals surface area contributed by atoms with E-state index in [4.69, 9.17) is 14.2 Å². The van der Waals surface area contributed by atoms with Crippen molar-refractivity contribution >= 4 is 11.9 Å². The molecule has 0 fully saturated rings. The second-order valence-electron chi connectivity index (χ2n) is 14.9. The van der Waals surface area contributed by atoms with E-state index < -0.39 is 6.10 Å². The Hall–Kier alpha value is -3.44. The lowest BCUT2D eigenvalue weighted by molar-refractivity contribution is -0.162. The van der Waals surface area contributed by atoms with Crippen molar-refractivity contribution in [3.8, 4) is 0 Å². The molecule has 0 aromatic carbocycles. The van der Waals surface area contributed by atoms with E-state index >= 15 is 0 Å². The van der Waals surface area contributed by atoms with Crippen LogP contribution in [-0.4, -0.2) is 37.9 Å². The van der Waals surface area contributed by atoms with Crippen molar-refractivity contribution in [2.45, 2.75) is 194 Å². The summed E-state index contributed by atoms with van der Waals surface area (Å²) < 4.78 is 17.2. The van der Waals surface area contributed by atoms with Gasteiger partial charge >= 0.3 is 11.9 Å². The Morgan fingerprint density at radius 3 is 1.33 bits per heavy atom. The van der Waals surface area contributed by atoms with Gasteiger partial charge in [0.25, 0.3) is 0 Å². The number of esters is 2. The largest absolute Gasteiger partial charge is 0.462 e. The van der Waals surface area contributed by atoms with Crippen LogP contribution in [0.15, 0.2) is 109 Å². The van der Waals surface area contributed by atoms with Crippen LogP contribution in [0.1, 0.15) is 188 Å². The molecule has 0 rings (SSSR count). The quantitative estimate of drug-likeness (QED) is 0.0350. The molecule has 0 saturated carbocycles. The molecule has 0 aliphatic rings. The maximum absolute atomic E-state index is 12.7. The monoisotopic (exact) mass is 803 g/mol. The number of ether oxygens (including phenoxy) is 3. The van der Waals surface area contributed by atoms with Crippen LogP contribution >= 0.6 is 0 Å². The number of carbonyl (C=O) groups excluding carboxylic acids is 2. The second-order valence-corrected chi connectivity index (χ2v) is 14.9. The van der Waals surface area contributed by atoms with Crippen LogP contribution in [0.5, 0.6) is 0 Å². The maximum atomic E-state index is 12.7. The number of rotatable bonds is 41. The van der Waals surface area contributed by atoms with Crippen molar-refractivity contribution in [1.29, 1.82) is 0 Å². The first-order valence-electron chi connectivity index (χ1n) is 23.4. The van der Waals surface area contributed by atoms with Gasteiger partial charge in [-0.3, -0.25) is 9.59 Å². The van der Waals surface area contributed by atoms with Gasteiger partial charge in [-0.25, -0.2) is 0 Å². The summed E-state index contributed by atoms with van der Waals surface area (Å²) in [5.74, 6) is -0.529. The van der Waals surface area contributed by atoms with Gasteiger partial charge in [-0.05, 0) is 109 Å². The molecule has 0 heterocycles. The third-order valence-electron chi connectivity index (χ3n) is 9.29. The Morgan fingerprint density at radius 2 is 0.810 bits per heavy atom. The molecule has 0 bridgehead atoms. The molecule has 0 saturated heterocycles. The van der Waals surface area contributed by atoms with Crippen LogP contribution in [0.2, 0.25) is 0 Å². The first-order chi connectivity index (χ1) is 28.6. The zero-order valence-electron chi connectivity index (χ0n) is 37.5. The highest BCUT2D eigenvalue weighted by Gasteiger charge is 2.17. The van der Waals surface area contributed by atoms with Gasteiger partial charge in [0.1, 0.15) is 6.61 Å². The Balaban J connectivity index is 4.45. The Labute approximate surface area is 357 Å². The summed E-state index contributed by atoms with van der Waals surface area (Å²) in [6, 6.07) is 0. The lowest BCUT2D eigenvalue weighted by Crippen LogP contribution is -2.30. The average Bonchev–Trinajstić information content (AvgIpc) is 3.22. The van der Waals surface area contributed by atoms with Crippen LogP contribution in [-0.2, 0) is 23.8 Å². The van der Waals surface area contributed by atoms with Gasteiger partial charge in [-0.2, -0.15) is 0 Å². The topological polar surface area (TPSA) is 61.8 Å². The van der Waals surface area contributed by atoms with Gasteiger partial charge in [0.05, 0.1) is 6.61 Å². The van der Waals surface area contributed by atoms with E-state index in [0.29, 0.717) is 25.9 Å². The van der Waals surface area contributed by atoms with Crippen LogP contribution in [0.4, 0.5) is 0 Å². The molecule has 0 spiro atoms. The molecule has 0 aromatic heterocycles. The summed E-state index contributed by atoms with van der Waals surface area (Å²) in [7, 11) is 0. The molecular weight excluding hydrogens is 717 g/mol. The third-order valence-corrected chi connectivity index (χ3v) is 9.29. The molecular formula is C53H86O5. The van der Waals surface area contributed by atoms with Crippen molar-refractivity contribution < 1.29 is 23.8 Å². The smallest absolute Gasteiger partial charge is 0.306 e. The molecule has 0 radical (unpaired) electrons. The summed E-state index contributed by atoms with van der Waals surface area (Å²) in [6.45, 7) is 7.40. The molecule has 0 aromatic rings. The van der Waals surface area contributed by atoms with Crippen LogP contribution in [0.25, 0.3) is 0 Å². The summed E-state index contributed by atoms with van der Waals surface area (Å²) in [5, 5.41) is 0. The van der Waals surface area contributed by atoms with Gasteiger partial charge in [0, 0.05) is 19.4 Å². The van der Waals surface area contributed by atoms with Crippen molar-refractivity contribution in [1.82, 2.24) is 0 Å². The number of carbonyl (C=O) groups is 2. The molecule has 0 amide bonds. The van der Waals surface area contributed by atoms with E-state index in [0.717, 1.165) is 103 Å². The van der Waals surface area contributed by atoms with Gasteiger partial charge in [-0.15, -0.1) is 0 Å². The number of allylic oxidation sites excluding steroid dienone is 18. The molecule has 0 N–H and O–H groups in total. The van der Waals surface area contributed by atoms with Crippen molar-refractivity contribution in [3.63, 3.8) is 0 Å². The van der Waals surface area contributed by atoms with Gasteiger partial charge in [-0.1, -0.05) is 175 Å². The summed E-state index contributed by atoms with van der Waals surface area (Å²) in [5.41, 5.74) is 0. The fourth-order valence-electron chi connectivity index (χ4n) is 5.86. The van der Waals surface area contributed by atoms with Crippen LogP contribution in [0, 0.1) is 0 Å². The Kier molecular flexibility index (Phi) is 45.1. The molecule has 1 unspecified atom stereocenters. The predicted octanol–water partition coefficient (Wildman–Crippen LogP) is 15.7. The lowest BCUT2D eigenvalue weighted by atomic mass is 10.1. The number of hydrogen-bond donors (Lipinski definition) is 0. The molecule has 5 heteroatoms. The van der Waals surface area contributed by atoms with E-state index in [1.807, 2.05) is 6.08 Å². The van der Waals surface area contributed by atoms with E-state index in [2.05, 4.69) is 124 Å². The number of hydrogen-bond acceptors (Lipinski definition) is 5. The zero-order chi connectivity index (χ0) is 42.1. The second kappa shape index (κ2) is 47.9. The molecule has 0 aliphatic heterocycles. The first kappa shape index (κ1) is 54.6. The van der Waals surface area contributed by atoms with Gasteiger partial charge < -0.3 is 14.2 Å². The van der Waals surface area contributed by atoms with Crippen molar-refractivity contribution in [2.24, 2.45) is 0 Å². The third kappa shape index (κ3) is 45.3. The molecule has 328 valence electrons. The first-order valence-corrected chi connectivity index (χ1v) is 23.4. The fourth-order valence-corrected chi connectivity index (χ4v) is 5.86. The maximum Gasteiger partial charge on any atom is 0.306 e. The number of unbranched alkanes of at least 4 members (excludes halogenated alkanes) is 12. The average molecular weight is 803 g/mol. The van der Waals surface area contributed by atoms with Crippen molar-refractivity contribution in [2.75, 3.05) is 19.8 Å². The highest BCUT2D eigenvalue weighted by Crippen LogP contribution is 2.11. The van der Waals surface area contributed by atoms with Gasteiger partial charge in [0.2, 0.25) is 0 Å². The lowest BCUT2D eigenvalue weighted by Gasteiger charge is -2.18.